The Balaban J connectivity index is 1.27. The first-order valence-corrected chi connectivity index (χ1v) is 15.8. The van der Waals surface area contributed by atoms with Gasteiger partial charge < -0.3 is 19.8 Å². The maximum absolute atomic E-state index is 14.2. The number of piperidine rings is 1. The minimum Gasteiger partial charge on any atom is -0.497 e. The maximum atomic E-state index is 14.2. The van der Waals surface area contributed by atoms with Gasteiger partial charge in [-0.3, -0.25) is 10.1 Å². The van der Waals surface area contributed by atoms with Crippen molar-refractivity contribution >= 4 is 34.3 Å². The number of carbonyl (C=O) groups excluding carboxylic acids is 2. The average Bonchev–Trinajstić information content (AvgIpc) is 3.67. The second-order valence-corrected chi connectivity index (χ2v) is 13.1. The quantitative estimate of drug-likeness (QED) is 0.153. The molecule has 0 aliphatic carbocycles. The highest BCUT2D eigenvalue weighted by atomic mass is 16.5. The van der Waals surface area contributed by atoms with Crippen LogP contribution in [0, 0.1) is 12.8 Å². The molecule has 0 radical (unpaired) electrons. The van der Waals surface area contributed by atoms with E-state index in [0.29, 0.717) is 28.6 Å². The Kier molecular flexibility index (Phi) is 8.69. The fourth-order valence-electron chi connectivity index (χ4n) is 6.05. The molecule has 5 aromatic rings. The van der Waals surface area contributed by atoms with Crippen molar-refractivity contribution in [3.63, 3.8) is 0 Å². The van der Waals surface area contributed by atoms with Crippen molar-refractivity contribution < 1.29 is 18.7 Å². The Morgan fingerprint density at radius 1 is 0.978 bits per heavy atom. The molecule has 6 rings (SSSR count). The zero-order valence-corrected chi connectivity index (χ0v) is 27.0. The van der Waals surface area contributed by atoms with Crippen molar-refractivity contribution in [2.24, 2.45) is 5.92 Å². The third-order valence-electron chi connectivity index (χ3n) is 8.61. The number of aromatic nitrogens is 2. The van der Waals surface area contributed by atoms with Crippen LogP contribution in [-0.2, 0) is 5.41 Å². The van der Waals surface area contributed by atoms with E-state index in [9.17, 15) is 9.59 Å². The van der Waals surface area contributed by atoms with Gasteiger partial charge in [0.05, 0.1) is 24.4 Å². The highest BCUT2D eigenvalue weighted by Gasteiger charge is 2.34. The molecule has 1 unspecified atom stereocenters. The number of urea groups is 1. The number of anilines is 2. The first kappa shape index (κ1) is 31.1. The Morgan fingerprint density at radius 2 is 1.74 bits per heavy atom. The lowest BCUT2D eigenvalue weighted by atomic mass is 9.77. The summed E-state index contributed by atoms with van der Waals surface area (Å²) in [6.07, 6.45) is 1.73. The van der Waals surface area contributed by atoms with E-state index in [0.717, 1.165) is 53.8 Å². The summed E-state index contributed by atoms with van der Waals surface area (Å²) in [6.45, 7) is 9.99. The van der Waals surface area contributed by atoms with Crippen molar-refractivity contribution in [2.45, 2.75) is 51.9 Å². The summed E-state index contributed by atoms with van der Waals surface area (Å²) in [5, 5.41) is 15.0. The molecule has 2 amide bonds. The molecule has 1 saturated heterocycles. The third-order valence-corrected chi connectivity index (χ3v) is 8.61. The second kappa shape index (κ2) is 12.8. The normalized spacial score (nSPS) is 14.6. The van der Waals surface area contributed by atoms with Crippen LogP contribution in [0.5, 0.6) is 5.75 Å². The topological polar surface area (TPSA) is 110 Å². The number of hydrogen-bond acceptors (Lipinski definition) is 6. The molecule has 1 aliphatic rings. The van der Waals surface area contributed by atoms with Crippen molar-refractivity contribution in [3.05, 3.63) is 101 Å². The van der Waals surface area contributed by atoms with Gasteiger partial charge in [-0.2, -0.15) is 5.10 Å². The molecule has 3 N–H and O–H groups in total. The van der Waals surface area contributed by atoms with Crippen molar-refractivity contribution in [1.29, 1.82) is 0 Å². The first-order valence-electron chi connectivity index (χ1n) is 15.8. The van der Waals surface area contributed by atoms with Crippen LogP contribution in [0.1, 0.15) is 66.9 Å². The number of aryl methyl sites for hydroxylation is 1. The van der Waals surface area contributed by atoms with Crippen LogP contribution in [0.25, 0.3) is 16.7 Å². The SMILES string of the molecule is COc1ccc2oc(C(=O)C(c3cccc(NC(=O)Nc4cc(C(C)(C)C)nn4-c4ccc(C)cc4)c3)C3CCNCC3)cc2c1. The van der Waals surface area contributed by atoms with Gasteiger partial charge in [0.15, 0.2) is 5.76 Å². The number of Topliss-reactive ketones (excluding diaryl/α,β-unsaturated/α-hetero) is 1. The van der Waals surface area contributed by atoms with Crippen LogP contribution in [0.15, 0.2) is 83.3 Å². The molecule has 0 bridgehead atoms. The van der Waals surface area contributed by atoms with Crippen LogP contribution >= 0.6 is 0 Å². The number of hydrogen-bond donors (Lipinski definition) is 3. The van der Waals surface area contributed by atoms with E-state index in [1.807, 2.05) is 79.7 Å². The predicted octanol–water partition coefficient (Wildman–Crippen LogP) is 7.84. The number of benzene rings is 3. The van der Waals surface area contributed by atoms with Crippen LogP contribution < -0.4 is 20.7 Å². The summed E-state index contributed by atoms with van der Waals surface area (Å²) in [7, 11) is 1.61. The van der Waals surface area contributed by atoms with E-state index < -0.39 is 11.9 Å². The second-order valence-electron chi connectivity index (χ2n) is 13.1. The molecule has 1 atom stereocenters. The van der Waals surface area contributed by atoms with Gasteiger partial charge in [-0.15, -0.1) is 0 Å². The standard InChI is InChI=1S/C37H41N5O4/c1-23-9-11-28(12-10-23)42-33(22-32(41-42)37(2,3)4)40-36(44)39-27-8-6-7-25(19-27)34(24-15-17-38-18-16-24)35(43)31-21-26-20-29(45-5)13-14-30(26)46-31/h6-14,19-22,24,34,38H,15-18H2,1-5H3,(H2,39,40,44). The van der Waals surface area contributed by atoms with E-state index in [2.05, 4.69) is 36.7 Å². The number of ether oxygens (including phenoxy) is 1. The summed E-state index contributed by atoms with van der Waals surface area (Å²) in [6, 6.07) is 24.4. The summed E-state index contributed by atoms with van der Waals surface area (Å²) >= 11 is 0. The Hall–Kier alpha value is -4.89. The number of carbonyl (C=O) groups is 2. The zero-order valence-electron chi connectivity index (χ0n) is 27.0. The van der Waals surface area contributed by atoms with Gasteiger partial charge in [-0.25, -0.2) is 9.48 Å². The van der Waals surface area contributed by atoms with Gasteiger partial charge in [-0.1, -0.05) is 50.6 Å². The minimum absolute atomic E-state index is 0.0691. The van der Waals surface area contributed by atoms with E-state index in [1.54, 1.807) is 17.9 Å². The molecule has 0 spiro atoms. The smallest absolute Gasteiger partial charge is 0.324 e. The number of fused-ring (bicyclic) bond motifs is 1. The van der Waals surface area contributed by atoms with E-state index in [-0.39, 0.29) is 17.1 Å². The number of furan rings is 1. The van der Waals surface area contributed by atoms with E-state index in [1.165, 1.54) is 0 Å². The average molecular weight is 620 g/mol. The Morgan fingerprint density at radius 3 is 2.46 bits per heavy atom. The largest absolute Gasteiger partial charge is 0.497 e. The summed E-state index contributed by atoms with van der Waals surface area (Å²) in [5.74, 6) is 1.22. The molecule has 238 valence electrons. The molecule has 3 heterocycles. The molecule has 1 fully saturated rings. The minimum atomic E-state index is -0.424. The van der Waals surface area contributed by atoms with Crippen LogP contribution in [0.4, 0.5) is 16.3 Å². The maximum Gasteiger partial charge on any atom is 0.324 e. The van der Waals surface area contributed by atoms with Crippen molar-refractivity contribution in [2.75, 3.05) is 30.8 Å². The molecule has 9 nitrogen and oxygen atoms in total. The zero-order chi connectivity index (χ0) is 32.4. The predicted molar refractivity (Wildman–Crippen MR) is 182 cm³/mol. The number of methoxy groups -OCH3 is 1. The van der Waals surface area contributed by atoms with Gasteiger partial charge >= 0.3 is 6.03 Å². The Labute approximate surface area is 269 Å². The molecule has 0 saturated carbocycles. The Bertz CT molecular complexity index is 1860. The molecule has 9 heteroatoms. The molecular weight excluding hydrogens is 578 g/mol. The van der Waals surface area contributed by atoms with Gasteiger partial charge in [-0.05, 0) is 92.9 Å². The van der Waals surface area contributed by atoms with E-state index >= 15 is 0 Å². The highest BCUT2D eigenvalue weighted by Crippen LogP contribution is 2.37. The molecule has 3 aromatic carbocycles. The monoisotopic (exact) mass is 619 g/mol. The van der Waals surface area contributed by atoms with Crippen LogP contribution in [-0.4, -0.2) is 41.8 Å². The first-order chi connectivity index (χ1) is 22.1. The van der Waals surface area contributed by atoms with Crippen molar-refractivity contribution in [1.82, 2.24) is 15.1 Å². The summed E-state index contributed by atoms with van der Waals surface area (Å²) in [5.41, 5.74) is 4.71. The lowest BCUT2D eigenvalue weighted by Crippen LogP contribution is -2.33. The summed E-state index contributed by atoms with van der Waals surface area (Å²) < 4.78 is 13.2. The fourth-order valence-corrected chi connectivity index (χ4v) is 6.05. The van der Waals surface area contributed by atoms with Gasteiger partial charge in [0, 0.05) is 22.6 Å². The molecule has 1 aliphatic heterocycles. The molecular formula is C37H41N5O4. The van der Waals surface area contributed by atoms with Crippen LogP contribution in [0.2, 0.25) is 0 Å². The number of rotatable bonds is 8. The highest BCUT2D eigenvalue weighted by molar-refractivity contribution is 6.03. The fraction of sp³-hybridized carbons (Fsp3) is 0.324. The number of nitrogens with zero attached hydrogens (tertiary/aromatic N) is 2. The summed E-state index contributed by atoms with van der Waals surface area (Å²) in [4.78, 5) is 27.6. The van der Waals surface area contributed by atoms with Gasteiger partial charge in [0.2, 0.25) is 5.78 Å². The number of amides is 2. The molecule has 46 heavy (non-hydrogen) atoms. The molecule has 2 aromatic heterocycles. The lowest BCUT2D eigenvalue weighted by Gasteiger charge is -2.30. The third kappa shape index (κ3) is 6.70. The number of ketones is 1. The van der Waals surface area contributed by atoms with E-state index in [4.69, 9.17) is 14.3 Å². The van der Waals surface area contributed by atoms with Crippen LogP contribution in [0.3, 0.4) is 0 Å². The lowest BCUT2D eigenvalue weighted by molar-refractivity contribution is 0.0890. The van der Waals surface area contributed by atoms with Gasteiger partial charge in [0.1, 0.15) is 17.2 Å². The van der Waals surface area contributed by atoms with Gasteiger partial charge in [0.25, 0.3) is 0 Å². The van der Waals surface area contributed by atoms with Crippen molar-refractivity contribution in [3.8, 4) is 11.4 Å². The number of nitrogens with one attached hydrogen (secondary N) is 3.